The van der Waals surface area contributed by atoms with Gasteiger partial charge in [0.1, 0.15) is 11.4 Å². The third-order valence-electron chi connectivity index (χ3n) is 9.87. The summed E-state index contributed by atoms with van der Waals surface area (Å²) in [5.41, 5.74) is 16.6. The Kier molecular flexibility index (Phi) is 8.61. The number of pyridine rings is 2. The number of carbonyl (C=O) groups excluding carboxylic acids is 2. The third-order valence-corrected chi connectivity index (χ3v) is 9.87. The van der Waals surface area contributed by atoms with Crippen molar-refractivity contribution >= 4 is 23.2 Å². The van der Waals surface area contributed by atoms with Crippen LogP contribution < -0.4 is 16.4 Å². The average Bonchev–Trinajstić information content (AvgIpc) is 3.99. The Morgan fingerprint density at radius 3 is 1.77 bits per heavy atom. The SMILES string of the molecule is COC1CN(Cc2cnc(C(=O)Nc3cccc(-c4cccc(NC(=O)c5cc(C6CC6)c(CN)cn5)c4C)c3C)cc2C2CC2)C1. The maximum atomic E-state index is 13.5. The van der Waals surface area contributed by atoms with Crippen LogP contribution in [0, 0.1) is 13.8 Å². The van der Waals surface area contributed by atoms with Crippen molar-refractivity contribution in [3.05, 3.63) is 106 Å². The number of nitrogens with one attached hydrogen (secondary N) is 2. The summed E-state index contributed by atoms with van der Waals surface area (Å²) < 4.78 is 5.43. The Bertz CT molecular complexity index is 1840. The summed E-state index contributed by atoms with van der Waals surface area (Å²) in [7, 11) is 1.76. The van der Waals surface area contributed by atoms with Gasteiger partial charge in [0, 0.05) is 57.1 Å². The Hall–Kier alpha value is -4.44. The molecule has 2 saturated carbocycles. The molecule has 3 heterocycles. The normalized spacial score (nSPS) is 16.5. The number of nitrogens with zero attached hydrogens (tertiary/aromatic N) is 3. The maximum Gasteiger partial charge on any atom is 0.274 e. The smallest absolute Gasteiger partial charge is 0.274 e. The van der Waals surface area contributed by atoms with Crippen molar-refractivity contribution in [3.8, 4) is 11.1 Å². The van der Waals surface area contributed by atoms with Gasteiger partial charge in [-0.2, -0.15) is 0 Å². The lowest BCUT2D eigenvalue weighted by Crippen LogP contribution is -2.51. The van der Waals surface area contributed by atoms with E-state index in [0.717, 1.165) is 84.4 Å². The molecule has 0 atom stereocenters. The Labute approximate surface area is 275 Å². The second kappa shape index (κ2) is 13.0. The molecule has 3 aliphatic rings. The first-order valence-electron chi connectivity index (χ1n) is 16.6. The molecule has 1 aliphatic heterocycles. The highest BCUT2D eigenvalue weighted by molar-refractivity contribution is 6.05. The molecule has 4 N–H and O–H groups in total. The highest BCUT2D eigenvalue weighted by Gasteiger charge is 2.31. The number of carbonyl (C=O) groups is 2. The van der Waals surface area contributed by atoms with E-state index in [1.54, 1.807) is 13.3 Å². The molecule has 2 aliphatic carbocycles. The molecule has 4 aromatic rings. The van der Waals surface area contributed by atoms with Crippen LogP contribution in [0.3, 0.4) is 0 Å². The quantitative estimate of drug-likeness (QED) is 0.178. The first-order valence-corrected chi connectivity index (χ1v) is 16.6. The van der Waals surface area contributed by atoms with Crippen molar-refractivity contribution in [2.24, 2.45) is 5.73 Å². The van der Waals surface area contributed by atoms with Crippen LogP contribution in [0.4, 0.5) is 11.4 Å². The fourth-order valence-corrected chi connectivity index (χ4v) is 6.64. The molecule has 242 valence electrons. The molecule has 1 saturated heterocycles. The van der Waals surface area contributed by atoms with Crippen LogP contribution in [-0.2, 0) is 17.8 Å². The van der Waals surface area contributed by atoms with Gasteiger partial charge in [-0.1, -0.05) is 24.3 Å². The second-order valence-corrected chi connectivity index (χ2v) is 13.2. The van der Waals surface area contributed by atoms with Crippen LogP contribution in [0.5, 0.6) is 0 Å². The lowest BCUT2D eigenvalue weighted by Gasteiger charge is -2.38. The van der Waals surface area contributed by atoms with Crippen molar-refractivity contribution in [1.82, 2.24) is 14.9 Å². The highest BCUT2D eigenvalue weighted by atomic mass is 16.5. The highest BCUT2D eigenvalue weighted by Crippen LogP contribution is 2.43. The summed E-state index contributed by atoms with van der Waals surface area (Å²) in [6.07, 6.45) is 8.46. The predicted molar refractivity (Wildman–Crippen MR) is 184 cm³/mol. The number of aromatic nitrogens is 2. The van der Waals surface area contributed by atoms with Gasteiger partial charge >= 0.3 is 0 Å². The standard InChI is InChI=1S/C38H42N6O3/c1-22-29(6-4-8-33(22)42-37(45)35-14-31(24-10-11-24)26(16-39)17-40-35)30-7-5-9-34(23(30)2)43-38(46)36-15-32(25-12-13-25)27(18-41-36)19-44-20-28(21-44)47-3/h4-9,14-15,17-18,24-25,28H,10-13,16,19-21,39H2,1-3H3,(H,42,45)(H,43,46). The number of methoxy groups -OCH3 is 1. The summed E-state index contributed by atoms with van der Waals surface area (Å²) in [4.78, 5) is 38.2. The van der Waals surface area contributed by atoms with E-state index >= 15 is 0 Å². The number of benzene rings is 2. The van der Waals surface area contributed by atoms with Gasteiger partial charge in [0.15, 0.2) is 0 Å². The lowest BCUT2D eigenvalue weighted by molar-refractivity contribution is -0.0335. The van der Waals surface area contributed by atoms with E-state index in [0.29, 0.717) is 41.6 Å². The lowest BCUT2D eigenvalue weighted by atomic mass is 9.94. The van der Waals surface area contributed by atoms with Gasteiger partial charge in [-0.05, 0) is 120 Å². The number of rotatable bonds is 11. The van der Waals surface area contributed by atoms with Crippen LogP contribution >= 0.6 is 0 Å². The van der Waals surface area contributed by atoms with E-state index in [1.165, 1.54) is 11.1 Å². The second-order valence-electron chi connectivity index (χ2n) is 13.2. The van der Waals surface area contributed by atoms with E-state index < -0.39 is 0 Å². The first-order chi connectivity index (χ1) is 22.8. The Morgan fingerprint density at radius 2 is 1.30 bits per heavy atom. The van der Waals surface area contributed by atoms with Gasteiger partial charge in [0.2, 0.25) is 0 Å². The zero-order chi connectivity index (χ0) is 32.7. The minimum atomic E-state index is -0.249. The minimum Gasteiger partial charge on any atom is -0.379 e. The summed E-state index contributed by atoms with van der Waals surface area (Å²) >= 11 is 0. The molecule has 2 aromatic heterocycles. The van der Waals surface area contributed by atoms with Crippen molar-refractivity contribution in [1.29, 1.82) is 0 Å². The molecule has 0 unspecified atom stereocenters. The number of likely N-dealkylation sites (tertiary alicyclic amines) is 1. The molecule has 9 heteroatoms. The topological polar surface area (TPSA) is 122 Å². The predicted octanol–water partition coefficient (Wildman–Crippen LogP) is 6.31. The fourth-order valence-electron chi connectivity index (χ4n) is 6.64. The van der Waals surface area contributed by atoms with Crippen molar-refractivity contribution in [2.75, 3.05) is 30.8 Å². The van der Waals surface area contributed by atoms with Gasteiger partial charge in [0.05, 0.1) is 6.10 Å². The number of nitrogens with two attached hydrogens (primary N) is 1. The largest absolute Gasteiger partial charge is 0.379 e. The number of ether oxygens (including phenoxy) is 1. The maximum absolute atomic E-state index is 13.5. The zero-order valence-electron chi connectivity index (χ0n) is 27.3. The van der Waals surface area contributed by atoms with E-state index in [1.807, 2.05) is 68.6 Å². The molecule has 9 nitrogen and oxygen atoms in total. The van der Waals surface area contributed by atoms with Crippen LogP contribution in [0.1, 0.15) is 91.9 Å². The monoisotopic (exact) mass is 630 g/mol. The average molecular weight is 631 g/mol. The van der Waals surface area contributed by atoms with Crippen LogP contribution in [0.15, 0.2) is 60.9 Å². The van der Waals surface area contributed by atoms with Crippen molar-refractivity contribution in [2.45, 2.75) is 70.6 Å². The molecule has 47 heavy (non-hydrogen) atoms. The van der Waals surface area contributed by atoms with Crippen molar-refractivity contribution < 1.29 is 14.3 Å². The summed E-state index contributed by atoms with van der Waals surface area (Å²) in [6.45, 7) is 7.10. The first kappa shape index (κ1) is 31.2. The van der Waals surface area contributed by atoms with Gasteiger partial charge in [-0.3, -0.25) is 24.5 Å². The van der Waals surface area contributed by atoms with Crippen LogP contribution in [0.2, 0.25) is 0 Å². The van der Waals surface area contributed by atoms with Crippen LogP contribution in [0.25, 0.3) is 11.1 Å². The van der Waals surface area contributed by atoms with E-state index in [2.05, 4.69) is 25.5 Å². The van der Waals surface area contributed by atoms with Gasteiger partial charge in [-0.15, -0.1) is 0 Å². The summed E-state index contributed by atoms with van der Waals surface area (Å²) in [5, 5.41) is 6.20. The molecule has 2 aromatic carbocycles. The summed E-state index contributed by atoms with van der Waals surface area (Å²) in [6, 6.07) is 15.6. The number of anilines is 2. The molecular formula is C38H42N6O3. The molecule has 0 bridgehead atoms. The Balaban J connectivity index is 1.08. The van der Waals surface area contributed by atoms with Crippen molar-refractivity contribution in [3.63, 3.8) is 0 Å². The van der Waals surface area contributed by atoms with Gasteiger partial charge in [0.25, 0.3) is 11.8 Å². The van der Waals surface area contributed by atoms with E-state index in [-0.39, 0.29) is 11.8 Å². The molecule has 0 radical (unpaired) electrons. The van der Waals surface area contributed by atoms with E-state index in [4.69, 9.17) is 10.5 Å². The number of amides is 2. The minimum absolute atomic E-state index is 0.224. The van der Waals surface area contributed by atoms with Gasteiger partial charge < -0.3 is 21.1 Å². The molecule has 0 spiro atoms. The molecule has 7 rings (SSSR count). The van der Waals surface area contributed by atoms with Gasteiger partial charge in [-0.25, -0.2) is 0 Å². The fraction of sp³-hybridized carbons (Fsp3) is 0.368. The zero-order valence-corrected chi connectivity index (χ0v) is 27.3. The third kappa shape index (κ3) is 6.56. The molecular weight excluding hydrogens is 588 g/mol. The molecule has 2 amide bonds. The molecule has 3 fully saturated rings. The number of hydrogen-bond donors (Lipinski definition) is 3. The number of hydrogen-bond acceptors (Lipinski definition) is 7. The Morgan fingerprint density at radius 1 is 0.809 bits per heavy atom. The van der Waals surface area contributed by atoms with Crippen LogP contribution in [-0.4, -0.2) is 53.0 Å². The summed E-state index contributed by atoms with van der Waals surface area (Å²) in [5.74, 6) is 0.500. The van der Waals surface area contributed by atoms with E-state index in [9.17, 15) is 9.59 Å².